The van der Waals surface area contributed by atoms with Gasteiger partial charge in [0.05, 0.1) is 0 Å². The van der Waals surface area contributed by atoms with Crippen molar-refractivity contribution in [2.45, 2.75) is 0 Å². The SMILES string of the molecule is Oc1cc(O)c(Oc2cc(O)c(O)c(O)c2Oc2cc(O)c(Oc3cc(O)c(O)c(O)c3Oc3cc(O)c(Oc4cc(O)c(O)c(O)c4)c(O)c3)c(O)c2)c(O)c1. The first-order chi connectivity index (χ1) is 26.8. The minimum absolute atomic E-state index is 0.351. The summed E-state index contributed by atoms with van der Waals surface area (Å²) in [5.74, 6) is -21.6. The van der Waals surface area contributed by atoms with Crippen LogP contribution < -0.4 is 23.7 Å². The van der Waals surface area contributed by atoms with Gasteiger partial charge < -0.3 is 105 Å². The minimum Gasteiger partial charge on any atom is -0.508 e. The van der Waals surface area contributed by atoms with Crippen molar-refractivity contribution in [1.82, 2.24) is 0 Å². The van der Waals surface area contributed by atoms with E-state index >= 15 is 0 Å². The molecule has 0 atom stereocenters. The van der Waals surface area contributed by atoms with Gasteiger partial charge in [-0.3, -0.25) is 0 Å². The molecule has 57 heavy (non-hydrogen) atoms. The van der Waals surface area contributed by atoms with Gasteiger partial charge in [-0.05, 0) is 0 Å². The Morgan fingerprint density at radius 3 is 0.842 bits per heavy atom. The molecular weight excluding hydrogens is 768 g/mol. The molecule has 0 bridgehead atoms. The Labute approximate surface area is 315 Å². The molecule has 0 amide bonds. The largest absolute Gasteiger partial charge is 0.508 e. The molecule has 21 nitrogen and oxygen atoms in total. The topological polar surface area (TPSA) is 370 Å². The Kier molecular flexibility index (Phi) is 9.41. The molecule has 6 aromatic carbocycles. The van der Waals surface area contributed by atoms with Gasteiger partial charge >= 0.3 is 0 Å². The van der Waals surface area contributed by atoms with Crippen LogP contribution in [-0.2, 0) is 0 Å². The highest BCUT2D eigenvalue weighted by molar-refractivity contribution is 5.70. The first-order valence-electron chi connectivity index (χ1n) is 15.4. The van der Waals surface area contributed by atoms with Crippen molar-refractivity contribution in [2.75, 3.05) is 0 Å². The summed E-state index contributed by atoms with van der Waals surface area (Å²) < 4.78 is 27.2. The lowest BCUT2D eigenvalue weighted by molar-refractivity contribution is 0.319. The number of benzene rings is 6. The third kappa shape index (κ3) is 7.24. The number of hydrogen-bond donors (Lipinski definition) is 16. The summed E-state index contributed by atoms with van der Waals surface area (Å²) in [6, 6.07) is 7.69. The lowest BCUT2D eigenvalue weighted by Gasteiger charge is -2.19. The summed E-state index contributed by atoms with van der Waals surface area (Å²) in [7, 11) is 0. The van der Waals surface area contributed by atoms with Crippen LogP contribution in [0.5, 0.6) is 149 Å². The smallest absolute Gasteiger partial charge is 0.215 e. The quantitative estimate of drug-likeness (QED) is 0.0713. The first-order valence-corrected chi connectivity index (χ1v) is 15.4. The Hall–Kier alpha value is -8.88. The highest BCUT2D eigenvalue weighted by atomic mass is 16.6. The Balaban J connectivity index is 1.31. The van der Waals surface area contributed by atoms with Gasteiger partial charge in [-0.25, -0.2) is 0 Å². The maximum absolute atomic E-state index is 10.9. The molecule has 21 heteroatoms. The molecule has 0 saturated carbocycles. The van der Waals surface area contributed by atoms with E-state index in [2.05, 4.69) is 0 Å². The summed E-state index contributed by atoms with van der Waals surface area (Å²) in [4.78, 5) is 0. The van der Waals surface area contributed by atoms with E-state index in [1.54, 1.807) is 0 Å². The monoisotopic (exact) mass is 794 g/mol. The second-order valence-electron chi connectivity index (χ2n) is 11.6. The molecule has 0 spiro atoms. The average Bonchev–Trinajstić information content (AvgIpc) is 3.12. The predicted molar refractivity (Wildman–Crippen MR) is 186 cm³/mol. The third-order valence-electron chi connectivity index (χ3n) is 7.56. The van der Waals surface area contributed by atoms with Crippen molar-refractivity contribution >= 4 is 0 Å². The maximum Gasteiger partial charge on any atom is 0.215 e. The molecule has 0 aliphatic heterocycles. The third-order valence-corrected chi connectivity index (χ3v) is 7.56. The molecule has 0 unspecified atom stereocenters. The van der Waals surface area contributed by atoms with Crippen LogP contribution >= 0.6 is 0 Å². The van der Waals surface area contributed by atoms with Gasteiger partial charge in [0, 0.05) is 60.7 Å². The number of phenols is 16. The number of aromatic hydroxyl groups is 16. The molecule has 6 rings (SSSR count). The molecule has 0 radical (unpaired) electrons. The molecule has 0 aliphatic rings. The van der Waals surface area contributed by atoms with E-state index in [-0.39, 0.29) is 5.75 Å². The second kappa shape index (κ2) is 14.2. The van der Waals surface area contributed by atoms with Crippen LogP contribution in [0.1, 0.15) is 0 Å². The molecule has 0 aliphatic carbocycles. The van der Waals surface area contributed by atoms with Gasteiger partial charge in [-0.15, -0.1) is 0 Å². The van der Waals surface area contributed by atoms with Gasteiger partial charge in [-0.2, -0.15) is 0 Å². The Bertz CT molecular complexity index is 2490. The number of hydrogen-bond acceptors (Lipinski definition) is 21. The molecule has 0 fully saturated rings. The zero-order valence-corrected chi connectivity index (χ0v) is 28.0. The van der Waals surface area contributed by atoms with Gasteiger partial charge in [0.1, 0.15) is 23.0 Å². The van der Waals surface area contributed by atoms with Gasteiger partial charge in [0.2, 0.25) is 57.5 Å². The lowest BCUT2D eigenvalue weighted by Crippen LogP contribution is -1.95. The van der Waals surface area contributed by atoms with E-state index in [0.29, 0.717) is 12.1 Å². The first kappa shape index (κ1) is 37.9. The fraction of sp³-hybridized carbons (Fsp3) is 0. The van der Waals surface area contributed by atoms with E-state index in [4.69, 9.17) is 23.7 Å². The van der Waals surface area contributed by atoms with E-state index in [0.717, 1.165) is 48.5 Å². The minimum atomic E-state index is -1.20. The standard InChI is InChI=1S/C36H26O21/c37-11-1-19(42)33(20(43)2-11)56-25-9-17(40)28(49)30(51)35(25)55-14-7-23(46)34(24(47)8-14)57-26-10-18(41)29(50)31(52)36(26)54-13-5-21(44)32(22(45)6-13)53-12-3-15(38)27(48)16(39)4-12/h1-10,37-52H. The van der Waals surface area contributed by atoms with Gasteiger partial charge in [-0.1, -0.05) is 0 Å². The van der Waals surface area contributed by atoms with E-state index < -0.39 is 144 Å². The molecule has 16 N–H and O–H groups in total. The van der Waals surface area contributed by atoms with Crippen molar-refractivity contribution in [3.63, 3.8) is 0 Å². The van der Waals surface area contributed by atoms with Crippen molar-refractivity contribution in [1.29, 1.82) is 0 Å². The van der Waals surface area contributed by atoms with Crippen molar-refractivity contribution in [2.24, 2.45) is 0 Å². The van der Waals surface area contributed by atoms with Crippen LogP contribution in [0.15, 0.2) is 60.7 Å². The summed E-state index contributed by atoms with van der Waals surface area (Å²) in [6.07, 6.45) is 0. The van der Waals surface area contributed by atoms with Gasteiger partial charge in [0.25, 0.3) is 0 Å². The fourth-order valence-corrected chi connectivity index (χ4v) is 4.93. The summed E-state index contributed by atoms with van der Waals surface area (Å²) >= 11 is 0. The number of rotatable bonds is 10. The molecular formula is C36H26O21. The van der Waals surface area contributed by atoms with E-state index in [9.17, 15) is 81.7 Å². The normalized spacial score (nSPS) is 10.9. The second-order valence-corrected chi connectivity index (χ2v) is 11.6. The van der Waals surface area contributed by atoms with Crippen molar-refractivity contribution in [3.05, 3.63) is 60.7 Å². The highest BCUT2D eigenvalue weighted by Crippen LogP contribution is 2.57. The van der Waals surface area contributed by atoms with E-state index in [1.807, 2.05) is 0 Å². The fourth-order valence-electron chi connectivity index (χ4n) is 4.93. The predicted octanol–water partition coefficient (Wildman–Crippen LogP) is 5.94. The summed E-state index contributed by atoms with van der Waals surface area (Å²) in [6.45, 7) is 0. The van der Waals surface area contributed by atoms with Crippen LogP contribution in [0, 0.1) is 0 Å². The molecule has 296 valence electrons. The van der Waals surface area contributed by atoms with Crippen molar-refractivity contribution in [3.8, 4) is 149 Å². The zero-order chi connectivity index (χ0) is 41.6. The zero-order valence-electron chi connectivity index (χ0n) is 28.0. The highest BCUT2D eigenvalue weighted by Gasteiger charge is 2.27. The molecule has 0 aromatic heterocycles. The van der Waals surface area contributed by atoms with Crippen LogP contribution in [0.3, 0.4) is 0 Å². The van der Waals surface area contributed by atoms with Crippen molar-refractivity contribution < 1.29 is 105 Å². The molecule has 0 heterocycles. The van der Waals surface area contributed by atoms with E-state index in [1.165, 1.54) is 0 Å². The average molecular weight is 795 g/mol. The molecule has 6 aromatic rings. The van der Waals surface area contributed by atoms with Gasteiger partial charge in [0.15, 0.2) is 69.0 Å². The maximum atomic E-state index is 10.9. The van der Waals surface area contributed by atoms with Crippen LogP contribution in [0.2, 0.25) is 0 Å². The summed E-state index contributed by atoms with van der Waals surface area (Å²) in [5.41, 5.74) is 0. The summed E-state index contributed by atoms with van der Waals surface area (Å²) in [5, 5.41) is 164. The Morgan fingerprint density at radius 2 is 0.491 bits per heavy atom. The lowest BCUT2D eigenvalue weighted by atomic mass is 10.2. The van der Waals surface area contributed by atoms with Crippen LogP contribution in [0.25, 0.3) is 0 Å². The Morgan fingerprint density at radius 1 is 0.228 bits per heavy atom. The van der Waals surface area contributed by atoms with Crippen LogP contribution in [0.4, 0.5) is 0 Å². The molecule has 0 saturated heterocycles. The van der Waals surface area contributed by atoms with Crippen LogP contribution in [-0.4, -0.2) is 81.7 Å². The number of ether oxygens (including phenoxy) is 5. The number of phenolic OH excluding ortho intramolecular Hbond substituents is 16.